The first-order valence-corrected chi connectivity index (χ1v) is 10.8. The molecular formula is C25H28N4O2. The fourth-order valence-electron chi connectivity index (χ4n) is 4.24. The van der Waals surface area contributed by atoms with Crippen LogP contribution in [0, 0.1) is 13.8 Å². The maximum Gasteiger partial charge on any atom is 0.223 e. The van der Waals surface area contributed by atoms with Crippen LogP contribution in [0.5, 0.6) is 0 Å². The van der Waals surface area contributed by atoms with Crippen LogP contribution >= 0.6 is 0 Å². The van der Waals surface area contributed by atoms with E-state index in [1.165, 1.54) is 0 Å². The van der Waals surface area contributed by atoms with Crippen LogP contribution in [0.1, 0.15) is 34.6 Å². The summed E-state index contributed by atoms with van der Waals surface area (Å²) in [7, 11) is 0. The average Bonchev–Trinajstić information content (AvgIpc) is 3.12. The molecule has 1 aliphatic rings. The van der Waals surface area contributed by atoms with E-state index >= 15 is 0 Å². The number of rotatable bonds is 6. The van der Waals surface area contributed by atoms with Gasteiger partial charge in [0.25, 0.3) is 0 Å². The van der Waals surface area contributed by atoms with Crippen molar-refractivity contribution in [3.05, 3.63) is 77.6 Å². The summed E-state index contributed by atoms with van der Waals surface area (Å²) in [5, 5.41) is 4.74. The van der Waals surface area contributed by atoms with Gasteiger partial charge in [0.2, 0.25) is 5.91 Å². The number of hydrogen-bond donors (Lipinski definition) is 0. The highest BCUT2D eigenvalue weighted by atomic mass is 16.2. The van der Waals surface area contributed by atoms with Gasteiger partial charge in [-0.1, -0.05) is 48.5 Å². The quantitative estimate of drug-likeness (QED) is 0.574. The predicted octanol–water partition coefficient (Wildman–Crippen LogP) is 3.80. The third-order valence-corrected chi connectivity index (χ3v) is 5.86. The number of carbonyl (C=O) groups is 2. The second-order valence-corrected chi connectivity index (χ2v) is 7.92. The van der Waals surface area contributed by atoms with Crippen LogP contribution in [0.3, 0.4) is 0 Å². The second kappa shape index (κ2) is 9.16. The number of ketones is 1. The third-order valence-electron chi connectivity index (χ3n) is 5.86. The maximum atomic E-state index is 12.6. The molecule has 1 aliphatic heterocycles. The average molecular weight is 417 g/mol. The summed E-state index contributed by atoms with van der Waals surface area (Å²) in [4.78, 5) is 29.1. The SMILES string of the molecule is Cc1nn(-c2ccccc2)c(C)c1N1CCN(C(=O)CCC(=O)c2ccccc2)CC1. The second-order valence-electron chi connectivity index (χ2n) is 7.92. The molecule has 0 saturated carbocycles. The smallest absolute Gasteiger partial charge is 0.223 e. The number of nitrogens with zero attached hydrogens (tertiary/aromatic N) is 4. The lowest BCUT2D eigenvalue weighted by molar-refractivity contribution is -0.131. The molecular weight excluding hydrogens is 388 g/mol. The maximum absolute atomic E-state index is 12.6. The van der Waals surface area contributed by atoms with E-state index in [0.717, 1.165) is 35.9 Å². The van der Waals surface area contributed by atoms with Crippen LogP contribution in [-0.4, -0.2) is 52.5 Å². The van der Waals surface area contributed by atoms with Gasteiger partial charge in [-0.2, -0.15) is 5.10 Å². The van der Waals surface area contributed by atoms with Gasteiger partial charge >= 0.3 is 0 Å². The van der Waals surface area contributed by atoms with Crippen molar-refractivity contribution in [2.75, 3.05) is 31.1 Å². The van der Waals surface area contributed by atoms with Gasteiger partial charge in [0.15, 0.2) is 5.78 Å². The van der Waals surface area contributed by atoms with Crippen molar-refractivity contribution in [1.29, 1.82) is 0 Å². The van der Waals surface area contributed by atoms with Crippen molar-refractivity contribution in [3.8, 4) is 5.69 Å². The van der Waals surface area contributed by atoms with Crippen LogP contribution < -0.4 is 4.90 Å². The Hall–Kier alpha value is -3.41. The summed E-state index contributed by atoms with van der Waals surface area (Å²) in [6.07, 6.45) is 0.517. The largest absolute Gasteiger partial charge is 0.365 e. The van der Waals surface area contributed by atoms with Crippen LogP contribution in [0.4, 0.5) is 5.69 Å². The standard InChI is InChI=1S/C25H28N4O2/c1-19-25(20(2)29(26-19)22-11-7-4-8-12-22)28-17-15-27(16-18-28)24(31)14-13-23(30)21-9-5-3-6-10-21/h3-12H,13-18H2,1-2H3. The van der Waals surface area contributed by atoms with Crippen molar-refractivity contribution >= 4 is 17.4 Å². The fourth-order valence-corrected chi connectivity index (χ4v) is 4.24. The molecule has 6 heteroatoms. The lowest BCUT2D eigenvalue weighted by atomic mass is 10.1. The van der Waals surface area contributed by atoms with Crippen molar-refractivity contribution in [2.24, 2.45) is 0 Å². The van der Waals surface area contributed by atoms with Gasteiger partial charge in [-0.15, -0.1) is 0 Å². The number of hydrogen-bond acceptors (Lipinski definition) is 4. The molecule has 0 aliphatic carbocycles. The fraction of sp³-hybridized carbons (Fsp3) is 0.320. The summed E-state index contributed by atoms with van der Waals surface area (Å²) in [6.45, 7) is 6.98. The molecule has 0 spiro atoms. The van der Waals surface area contributed by atoms with E-state index in [-0.39, 0.29) is 24.5 Å². The summed E-state index contributed by atoms with van der Waals surface area (Å²) in [6, 6.07) is 19.3. The van der Waals surface area contributed by atoms with Crippen molar-refractivity contribution < 1.29 is 9.59 Å². The first-order valence-electron chi connectivity index (χ1n) is 10.8. The van der Waals surface area contributed by atoms with Gasteiger partial charge in [0.1, 0.15) is 0 Å². The summed E-state index contributed by atoms with van der Waals surface area (Å²) >= 11 is 0. The predicted molar refractivity (Wildman–Crippen MR) is 122 cm³/mol. The molecule has 31 heavy (non-hydrogen) atoms. The molecule has 1 saturated heterocycles. The van der Waals surface area contributed by atoms with Crippen LogP contribution in [-0.2, 0) is 4.79 Å². The van der Waals surface area contributed by atoms with E-state index in [1.54, 1.807) is 12.1 Å². The van der Waals surface area contributed by atoms with Gasteiger partial charge in [-0.3, -0.25) is 9.59 Å². The molecule has 0 N–H and O–H groups in total. The Balaban J connectivity index is 1.35. The zero-order chi connectivity index (χ0) is 21.8. The number of amides is 1. The van der Waals surface area contributed by atoms with Crippen LogP contribution in [0.15, 0.2) is 60.7 Å². The number of benzene rings is 2. The van der Waals surface area contributed by atoms with E-state index in [0.29, 0.717) is 18.7 Å². The van der Waals surface area contributed by atoms with E-state index in [1.807, 2.05) is 52.9 Å². The number of aromatic nitrogens is 2. The van der Waals surface area contributed by atoms with Gasteiger partial charge < -0.3 is 9.80 Å². The minimum atomic E-state index is 0.0205. The molecule has 0 bridgehead atoms. The topological polar surface area (TPSA) is 58.4 Å². The van der Waals surface area contributed by atoms with Gasteiger partial charge in [0.05, 0.1) is 22.8 Å². The van der Waals surface area contributed by atoms with E-state index in [2.05, 4.69) is 24.0 Å². The zero-order valence-electron chi connectivity index (χ0n) is 18.1. The first-order chi connectivity index (χ1) is 15.0. The Morgan fingerprint density at radius 3 is 2.10 bits per heavy atom. The number of carbonyl (C=O) groups excluding carboxylic acids is 2. The van der Waals surface area contributed by atoms with Gasteiger partial charge in [-0.25, -0.2) is 4.68 Å². The summed E-state index contributed by atoms with van der Waals surface area (Å²) < 4.78 is 1.98. The Bertz CT molecular complexity index is 1050. The highest BCUT2D eigenvalue weighted by Crippen LogP contribution is 2.27. The van der Waals surface area contributed by atoms with Crippen molar-refractivity contribution in [3.63, 3.8) is 0 Å². The van der Waals surface area contributed by atoms with Crippen LogP contribution in [0.2, 0.25) is 0 Å². The lowest BCUT2D eigenvalue weighted by Gasteiger charge is -2.36. The Kier molecular flexibility index (Phi) is 6.16. The molecule has 1 amide bonds. The molecule has 0 radical (unpaired) electrons. The van der Waals surface area contributed by atoms with Gasteiger partial charge in [0, 0.05) is 44.6 Å². The number of para-hydroxylation sites is 1. The molecule has 1 fully saturated rings. The number of Topliss-reactive ketones (excluding diaryl/α,β-unsaturated/α-hetero) is 1. The molecule has 3 aromatic rings. The Morgan fingerprint density at radius 1 is 0.839 bits per heavy atom. The van der Waals surface area contributed by atoms with E-state index in [4.69, 9.17) is 5.10 Å². The molecule has 0 atom stereocenters. The zero-order valence-corrected chi connectivity index (χ0v) is 18.1. The molecule has 2 aromatic carbocycles. The van der Waals surface area contributed by atoms with Crippen molar-refractivity contribution in [1.82, 2.24) is 14.7 Å². The van der Waals surface area contributed by atoms with E-state index < -0.39 is 0 Å². The minimum Gasteiger partial charge on any atom is -0.365 e. The Morgan fingerprint density at radius 2 is 1.45 bits per heavy atom. The number of piperazine rings is 1. The summed E-state index contributed by atoms with van der Waals surface area (Å²) in [5.74, 6) is 0.0736. The minimum absolute atomic E-state index is 0.0205. The lowest BCUT2D eigenvalue weighted by Crippen LogP contribution is -2.49. The highest BCUT2D eigenvalue weighted by molar-refractivity contribution is 5.97. The highest BCUT2D eigenvalue weighted by Gasteiger charge is 2.25. The molecule has 6 nitrogen and oxygen atoms in total. The van der Waals surface area contributed by atoms with E-state index in [9.17, 15) is 9.59 Å². The van der Waals surface area contributed by atoms with Gasteiger partial charge in [-0.05, 0) is 26.0 Å². The molecule has 0 unspecified atom stereocenters. The molecule has 1 aromatic heterocycles. The normalized spacial score (nSPS) is 14.0. The number of anilines is 1. The molecule has 4 rings (SSSR count). The third kappa shape index (κ3) is 4.53. The molecule has 2 heterocycles. The summed E-state index contributed by atoms with van der Waals surface area (Å²) in [5.41, 5.74) is 4.97. The monoisotopic (exact) mass is 416 g/mol. The number of aryl methyl sites for hydroxylation is 1. The first kappa shape index (κ1) is 20.8. The Labute approximate surface area is 183 Å². The van der Waals surface area contributed by atoms with Crippen LogP contribution in [0.25, 0.3) is 5.69 Å². The molecule has 160 valence electrons. The van der Waals surface area contributed by atoms with Crippen molar-refractivity contribution in [2.45, 2.75) is 26.7 Å².